The van der Waals surface area contributed by atoms with Crippen LogP contribution in [0, 0.1) is 5.92 Å². The lowest BCUT2D eigenvalue weighted by atomic mass is 9.96. The third-order valence-corrected chi connectivity index (χ3v) is 6.11. The van der Waals surface area contributed by atoms with Crippen molar-refractivity contribution in [1.29, 1.82) is 0 Å². The second kappa shape index (κ2) is 10.9. The summed E-state index contributed by atoms with van der Waals surface area (Å²) in [4.78, 5) is 14.4. The number of carbonyl (C=O) groups is 1. The number of hydrogen-bond donors (Lipinski definition) is 2. The Kier molecular flexibility index (Phi) is 9.04. The van der Waals surface area contributed by atoms with Gasteiger partial charge in [0.05, 0.1) is 17.7 Å². The van der Waals surface area contributed by atoms with Crippen molar-refractivity contribution in [3.05, 3.63) is 34.9 Å². The fraction of sp³-hybridized carbons (Fsp3) is 0.632. The molecule has 1 fully saturated rings. The number of nitrogens with one attached hydrogen (secondary N) is 2. The van der Waals surface area contributed by atoms with Crippen molar-refractivity contribution in [2.75, 3.05) is 38.5 Å². The van der Waals surface area contributed by atoms with Crippen LogP contribution >= 0.6 is 0 Å². The summed E-state index contributed by atoms with van der Waals surface area (Å²) in [7, 11) is 0. The van der Waals surface area contributed by atoms with Crippen LogP contribution in [0.1, 0.15) is 41.3 Å². The van der Waals surface area contributed by atoms with Gasteiger partial charge in [0.1, 0.15) is 5.75 Å². The highest BCUT2D eigenvalue weighted by Crippen LogP contribution is 2.36. The molecular formula is C19H25F6N3O2S. The van der Waals surface area contributed by atoms with Crippen LogP contribution < -0.4 is 10.0 Å². The number of likely N-dealkylation sites (tertiary alicyclic amines) is 1. The summed E-state index contributed by atoms with van der Waals surface area (Å²) < 4.78 is 91.9. The van der Waals surface area contributed by atoms with Gasteiger partial charge in [0.2, 0.25) is 0 Å². The molecule has 2 N–H and O–H groups in total. The Morgan fingerprint density at radius 2 is 1.65 bits per heavy atom. The number of carbonyl (C=O) groups excluding carboxylic acids is 1. The first-order valence-corrected chi connectivity index (χ1v) is 11.1. The molecule has 1 aromatic carbocycles. The largest absolute Gasteiger partial charge is 0.598 e. The molecule has 5 nitrogen and oxygen atoms in total. The highest BCUT2D eigenvalue weighted by atomic mass is 32.2. The zero-order valence-corrected chi connectivity index (χ0v) is 17.7. The van der Waals surface area contributed by atoms with Gasteiger partial charge in [-0.1, -0.05) is 0 Å². The van der Waals surface area contributed by atoms with E-state index in [4.69, 9.17) is 0 Å². The number of hydrogen-bond acceptors (Lipinski definition) is 4. The maximum atomic E-state index is 12.9. The van der Waals surface area contributed by atoms with Gasteiger partial charge in [-0.3, -0.25) is 4.79 Å². The molecule has 1 aliphatic heterocycles. The van der Waals surface area contributed by atoms with E-state index in [1.54, 1.807) is 0 Å². The first-order valence-electron chi connectivity index (χ1n) is 9.82. The molecule has 0 saturated carbocycles. The van der Waals surface area contributed by atoms with Gasteiger partial charge in [0.25, 0.3) is 5.91 Å². The fourth-order valence-electron chi connectivity index (χ4n) is 3.26. The van der Waals surface area contributed by atoms with Crippen molar-refractivity contribution >= 4 is 17.3 Å². The number of alkyl halides is 6. The second-order valence-electron chi connectivity index (χ2n) is 7.32. The number of piperidine rings is 1. The molecular weight excluding hydrogens is 448 g/mol. The van der Waals surface area contributed by atoms with E-state index < -0.39 is 46.3 Å². The molecule has 12 heteroatoms. The Morgan fingerprint density at radius 3 is 2.13 bits per heavy atom. The van der Waals surface area contributed by atoms with Crippen LogP contribution in [0.4, 0.5) is 26.3 Å². The maximum absolute atomic E-state index is 12.9. The second-order valence-corrected chi connectivity index (χ2v) is 8.88. The van der Waals surface area contributed by atoms with Crippen LogP contribution in [-0.2, 0) is 23.7 Å². The Hall–Kier alpha value is -1.50. The minimum atomic E-state index is -5.00. The maximum Gasteiger partial charge on any atom is 0.416 e. The molecule has 1 atom stereocenters. The first-order chi connectivity index (χ1) is 14.4. The number of nitrogens with zero attached hydrogens (tertiary/aromatic N) is 1. The van der Waals surface area contributed by atoms with Crippen LogP contribution in [0.2, 0.25) is 0 Å². The van der Waals surface area contributed by atoms with Gasteiger partial charge in [0, 0.05) is 30.0 Å². The number of amides is 1. The zero-order valence-electron chi connectivity index (χ0n) is 16.9. The highest BCUT2D eigenvalue weighted by Gasteiger charge is 2.37. The molecule has 176 valence electrons. The Balaban J connectivity index is 1.89. The third-order valence-electron chi connectivity index (χ3n) is 5.06. The van der Waals surface area contributed by atoms with E-state index in [1.165, 1.54) is 0 Å². The Labute approximate surface area is 179 Å². The zero-order chi connectivity index (χ0) is 23.2. The standard InChI is InChI=1S/C19H25F6N3O2S/c1-2-31(30)27-5-8-28-6-3-13(4-7-28)12-26-17(29)14-9-15(18(20,21)22)11-16(10-14)19(23,24)25/h9-11,13,27H,2-8,12H2,1H3,(H,26,29). The summed E-state index contributed by atoms with van der Waals surface area (Å²) in [5.74, 6) is -0.367. The molecule has 1 saturated heterocycles. The van der Waals surface area contributed by atoms with E-state index >= 15 is 0 Å². The van der Waals surface area contributed by atoms with E-state index in [1.807, 2.05) is 6.92 Å². The van der Waals surface area contributed by atoms with Crippen molar-refractivity contribution < 1.29 is 35.7 Å². The van der Waals surface area contributed by atoms with Gasteiger partial charge in [-0.15, -0.1) is 4.72 Å². The van der Waals surface area contributed by atoms with E-state index in [9.17, 15) is 35.7 Å². The van der Waals surface area contributed by atoms with Crippen molar-refractivity contribution in [2.24, 2.45) is 5.92 Å². The van der Waals surface area contributed by atoms with Gasteiger partial charge in [0.15, 0.2) is 0 Å². The van der Waals surface area contributed by atoms with E-state index in [0.29, 0.717) is 24.4 Å². The first kappa shape index (κ1) is 25.8. The van der Waals surface area contributed by atoms with Crippen LogP contribution in [0.5, 0.6) is 0 Å². The minimum absolute atomic E-state index is 0.00255. The summed E-state index contributed by atoms with van der Waals surface area (Å²) in [5.41, 5.74) is -3.70. The highest BCUT2D eigenvalue weighted by molar-refractivity contribution is 7.89. The monoisotopic (exact) mass is 473 g/mol. The van der Waals surface area contributed by atoms with E-state index in [2.05, 4.69) is 14.9 Å². The molecule has 1 unspecified atom stereocenters. The molecule has 0 aliphatic carbocycles. The lowest BCUT2D eigenvalue weighted by molar-refractivity contribution is -0.143. The van der Waals surface area contributed by atoms with Crippen LogP contribution in [-0.4, -0.2) is 53.8 Å². The minimum Gasteiger partial charge on any atom is -0.598 e. The molecule has 1 amide bonds. The molecule has 1 aromatic rings. The predicted molar refractivity (Wildman–Crippen MR) is 105 cm³/mol. The van der Waals surface area contributed by atoms with Crippen molar-refractivity contribution in [3.63, 3.8) is 0 Å². The van der Waals surface area contributed by atoms with Crippen LogP contribution in [0.25, 0.3) is 0 Å². The van der Waals surface area contributed by atoms with Crippen LogP contribution in [0.15, 0.2) is 18.2 Å². The summed E-state index contributed by atoms with van der Waals surface area (Å²) in [6.07, 6.45) is -8.54. The average Bonchev–Trinajstić information content (AvgIpc) is 2.71. The summed E-state index contributed by atoms with van der Waals surface area (Å²) in [6.45, 7) is 4.76. The fourth-order valence-corrected chi connectivity index (χ4v) is 3.78. The predicted octanol–water partition coefficient (Wildman–Crippen LogP) is 3.44. The van der Waals surface area contributed by atoms with Gasteiger partial charge in [-0.2, -0.15) is 26.3 Å². The van der Waals surface area contributed by atoms with Crippen molar-refractivity contribution in [1.82, 2.24) is 14.9 Å². The Morgan fingerprint density at radius 1 is 1.10 bits per heavy atom. The molecule has 0 radical (unpaired) electrons. The molecule has 0 bridgehead atoms. The molecule has 0 aromatic heterocycles. The van der Waals surface area contributed by atoms with Gasteiger partial charge >= 0.3 is 12.4 Å². The molecule has 1 heterocycles. The quantitative estimate of drug-likeness (QED) is 0.449. The molecule has 31 heavy (non-hydrogen) atoms. The lowest BCUT2D eigenvalue weighted by Gasteiger charge is -2.32. The van der Waals surface area contributed by atoms with E-state index in [-0.39, 0.29) is 18.5 Å². The molecule has 2 rings (SSSR count). The van der Waals surface area contributed by atoms with Gasteiger partial charge in [-0.05, 0) is 57.0 Å². The summed E-state index contributed by atoms with van der Waals surface area (Å²) >= 11 is -1.04. The van der Waals surface area contributed by atoms with Gasteiger partial charge < -0.3 is 14.8 Å². The SMILES string of the molecule is CC[S+]([O-])NCCN1CCC(CNC(=O)c2cc(C(F)(F)F)cc(C(F)(F)F)c2)CC1. The normalized spacial score (nSPS) is 17.5. The summed E-state index contributed by atoms with van der Waals surface area (Å²) in [6, 6.07) is 0.859. The average molecular weight is 473 g/mol. The third kappa shape index (κ3) is 8.17. The number of halogens is 6. The smallest absolute Gasteiger partial charge is 0.416 e. The van der Waals surface area contributed by atoms with Crippen molar-refractivity contribution in [2.45, 2.75) is 32.1 Å². The molecule has 0 spiro atoms. The number of benzene rings is 1. The van der Waals surface area contributed by atoms with E-state index in [0.717, 1.165) is 32.5 Å². The van der Waals surface area contributed by atoms with Crippen molar-refractivity contribution in [3.8, 4) is 0 Å². The molecule has 1 aliphatic rings. The topological polar surface area (TPSA) is 67.4 Å². The number of rotatable bonds is 8. The summed E-state index contributed by atoms with van der Waals surface area (Å²) in [5, 5.41) is 2.46. The lowest BCUT2D eigenvalue weighted by Crippen LogP contribution is -2.42. The van der Waals surface area contributed by atoms with Gasteiger partial charge in [-0.25, -0.2) is 0 Å². The van der Waals surface area contributed by atoms with Crippen LogP contribution in [0.3, 0.4) is 0 Å². The Bertz CT molecular complexity index is 704.